The van der Waals surface area contributed by atoms with E-state index in [9.17, 15) is 0 Å². The molecule has 1 heterocycles. The lowest BCUT2D eigenvalue weighted by Crippen LogP contribution is -2.40. The van der Waals surface area contributed by atoms with Crippen LogP contribution in [0, 0.1) is 0 Å². The zero-order chi connectivity index (χ0) is 12.5. The van der Waals surface area contributed by atoms with Crippen LogP contribution in [0.2, 0.25) is 0 Å². The van der Waals surface area contributed by atoms with Gasteiger partial charge < -0.3 is 15.8 Å². The molecular weight excluding hydrogens is 343 g/mol. The van der Waals surface area contributed by atoms with E-state index in [-0.39, 0.29) is 24.0 Å². The van der Waals surface area contributed by atoms with E-state index in [1.54, 1.807) is 7.11 Å². The Labute approximate surface area is 128 Å². The second-order valence-electron chi connectivity index (χ2n) is 4.57. The van der Waals surface area contributed by atoms with Gasteiger partial charge in [0.2, 0.25) is 0 Å². The van der Waals surface area contributed by atoms with Gasteiger partial charge in [0.05, 0.1) is 13.2 Å². The average Bonchev–Trinajstić information content (AvgIpc) is 2.32. The van der Waals surface area contributed by atoms with Gasteiger partial charge in [0.15, 0.2) is 5.96 Å². The fourth-order valence-corrected chi connectivity index (χ4v) is 2.13. The van der Waals surface area contributed by atoms with Gasteiger partial charge in [0, 0.05) is 26.2 Å². The summed E-state index contributed by atoms with van der Waals surface area (Å²) in [5.41, 5.74) is 5.73. The van der Waals surface area contributed by atoms with E-state index in [1.807, 2.05) is 0 Å². The second kappa shape index (κ2) is 10.8. The third-order valence-corrected chi connectivity index (χ3v) is 3.22. The van der Waals surface area contributed by atoms with E-state index in [2.05, 4.69) is 22.1 Å². The fourth-order valence-electron chi connectivity index (χ4n) is 2.13. The first-order chi connectivity index (χ1) is 8.24. The van der Waals surface area contributed by atoms with Gasteiger partial charge in [-0.3, -0.25) is 9.89 Å². The molecular formula is C12H27IN4O. The van der Waals surface area contributed by atoms with Crippen molar-refractivity contribution in [2.75, 3.05) is 39.9 Å². The number of piperidine rings is 1. The number of guanidine groups is 1. The summed E-state index contributed by atoms with van der Waals surface area (Å²) in [5, 5.41) is 3.02. The molecule has 1 fully saturated rings. The molecule has 1 aliphatic rings. The topological polar surface area (TPSA) is 62.9 Å². The number of hydrogen-bond donors (Lipinski definition) is 2. The Morgan fingerprint density at radius 3 is 2.94 bits per heavy atom. The van der Waals surface area contributed by atoms with Gasteiger partial charge in [-0.25, -0.2) is 0 Å². The van der Waals surface area contributed by atoms with Gasteiger partial charge in [-0.1, -0.05) is 6.42 Å². The lowest BCUT2D eigenvalue weighted by molar-refractivity contribution is 0.166. The molecule has 0 aromatic heterocycles. The molecule has 108 valence electrons. The molecule has 0 aromatic rings. The first-order valence-electron chi connectivity index (χ1n) is 6.51. The maximum atomic E-state index is 5.73. The summed E-state index contributed by atoms with van der Waals surface area (Å²) >= 11 is 0. The van der Waals surface area contributed by atoms with Crippen molar-refractivity contribution in [1.82, 2.24) is 10.2 Å². The number of rotatable bonds is 6. The lowest BCUT2D eigenvalue weighted by atomic mass is 10.0. The molecule has 3 N–H and O–H groups in total. The predicted molar refractivity (Wildman–Crippen MR) is 86.7 cm³/mol. The van der Waals surface area contributed by atoms with Gasteiger partial charge in [0.25, 0.3) is 0 Å². The van der Waals surface area contributed by atoms with Crippen LogP contribution < -0.4 is 11.1 Å². The monoisotopic (exact) mass is 370 g/mol. The Morgan fingerprint density at radius 2 is 2.28 bits per heavy atom. The third-order valence-electron chi connectivity index (χ3n) is 3.22. The number of ether oxygens (including phenoxy) is 1. The van der Waals surface area contributed by atoms with Gasteiger partial charge in [0.1, 0.15) is 0 Å². The molecule has 0 aliphatic carbocycles. The number of aliphatic imine (C=N–C) groups is 1. The van der Waals surface area contributed by atoms with Crippen LogP contribution in [0.4, 0.5) is 0 Å². The van der Waals surface area contributed by atoms with Gasteiger partial charge in [-0.05, 0) is 26.3 Å². The SMILES string of the molecule is COCCNC(N)=NCCN1CCCCC1C.I. The van der Waals surface area contributed by atoms with Crippen molar-refractivity contribution in [3.05, 3.63) is 0 Å². The highest BCUT2D eigenvalue weighted by molar-refractivity contribution is 14.0. The van der Waals surface area contributed by atoms with Crippen LogP contribution in [-0.4, -0.2) is 56.8 Å². The summed E-state index contributed by atoms with van der Waals surface area (Å²) in [5.74, 6) is 0.520. The Kier molecular flexibility index (Phi) is 10.8. The van der Waals surface area contributed by atoms with Crippen molar-refractivity contribution < 1.29 is 4.74 Å². The smallest absolute Gasteiger partial charge is 0.188 e. The highest BCUT2D eigenvalue weighted by Crippen LogP contribution is 2.15. The zero-order valence-corrected chi connectivity index (χ0v) is 13.9. The molecule has 18 heavy (non-hydrogen) atoms. The number of likely N-dealkylation sites (tertiary alicyclic amines) is 1. The molecule has 0 spiro atoms. The quantitative estimate of drug-likeness (QED) is 0.317. The Bertz CT molecular complexity index is 238. The maximum absolute atomic E-state index is 5.73. The van der Waals surface area contributed by atoms with Gasteiger partial charge in [-0.15, -0.1) is 24.0 Å². The molecule has 0 aromatic carbocycles. The zero-order valence-electron chi connectivity index (χ0n) is 11.5. The minimum atomic E-state index is 0. The summed E-state index contributed by atoms with van der Waals surface area (Å²) in [6.07, 6.45) is 3.99. The minimum absolute atomic E-state index is 0. The molecule has 1 rings (SSSR count). The highest BCUT2D eigenvalue weighted by Gasteiger charge is 2.16. The molecule has 1 saturated heterocycles. The van der Waals surface area contributed by atoms with Crippen molar-refractivity contribution in [2.24, 2.45) is 10.7 Å². The number of nitrogens with two attached hydrogens (primary N) is 1. The summed E-state index contributed by atoms with van der Waals surface area (Å²) in [6, 6.07) is 0.696. The Balaban J connectivity index is 0.00000289. The first kappa shape index (κ1) is 17.9. The molecule has 1 unspecified atom stereocenters. The average molecular weight is 370 g/mol. The maximum Gasteiger partial charge on any atom is 0.188 e. The van der Waals surface area contributed by atoms with Crippen molar-refractivity contribution in [1.29, 1.82) is 0 Å². The second-order valence-corrected chi connectivity index (χ2v) is 4.57. The molecule has 0 bridgehead atoms. The third kappa shape index (κ3) is 7.38. The molecule has 1 atom stereocenters. The molecule has 6 heteroatoms. The predicted octanol–water partition coefficient (Wildman–Crippen LogP) is 1.03. The van der Waals surface area contributed by atoms with Crippen molar-refractivity contribution in [3.8, 4) is 0 Å². The number of nitrogens with one attached hydrogen (secondary N) is 1. The van der Waals surface area contributed by atoms with Crippen molar-refractivity contribution >= 4 is 29.9 Å². The number of nitrogens with zero attached hydrogens (tertiary/aromatic N) is 2. The van der Waals surface area contributed by atoms with Gasteiger partial charge in [-0.2, -0.15) is 0 Å². The van der Waals surface area contributed by atoms with Crippen LogP contribution >= 0.6 is 24.0 Å². The Hall–Kier alpha value is -0.0800. The number of methoxy groups -OCH3 is 1. The molecule has 0 radical (unpaired) electrons. The Morgan fingerprint density at radius 1 is 1.50 bits per heavy atom. The van der Waals surface area contributed by atoms with Crippen LogP contribution in [-0.2, 0) is 4.74 Å². The number of halogens is 1. The minimum Gasteiger partial charge on any atom is -0.383 e. The van der Waals surface area contributed by atoms with E-state index >= 15 is 0 Å². The molecule has 0 amide bonds. The molecule has 5 nitrogen and oxygen atoms in total. The van der Waals surface area contributed by atoms with Crippen molar-refractivity contribution in [3.63, 3.8) is 0 Å². The molecule has 0 saturated carbocycles. The van der Waals surface area contributed by atoms with Crippen LogP contribution in [0.1, 0.15) is 26.2 Å². The normalized spacial score (nSPS) is 21.4. The number of hydrogen-bond acceptors (Lipinski definition) is 3. The molecule has 1 aliphatic heterocycles. The standard InChI is InChI=1S/C12H26N4O.HI/c1-11-5-3-4-8-16(11)9-6-14-12(13)15-7-10-17-2;/h11H,3-10H2,1-2H3,(H3,13,14,15);1H. The lowest BCUT2D eigenvalue weighted by Gasteiger charge is -2.32. The highest BCUT2D eigenvalue weighted by atomic mass is 127. The van der Waals surface area contributed by atoms with E-state index in [1.165, 1.54) is 25.8 Å². The van der Waals surface area contributed by atoms with Crippen LogP contribution in [0.3, 0.4) is 0 Å². The van der Waals surface area contributed by atoms with Crippen molar-refractivity contribution in [2.45, 2.75) is 32.2 Å². The summed E-state index contributed by atoms with van der Waals surface area (Å²) in [6.45, 7) is 6.64. The van der Waals surface area contributed by atoms with Gasteiger partial charge >= 0.3 is 0 Å². The van der Waals surface area contributed by atoms with Crippen LogP contribution in [0.15, 0.2) is 4.99 Å². The first-order valence-corrected chi connectivity index (χ1v) is 6.51. The summed E-state index contributed by atoms with van der Waals surface area (Å²) in [4.78, 5) is 6.81. The van der Waals surface area contributed by atoms with Crippen LogP contribution in [0.5, 0.6) is 0 Å². The van der Waals surface area contributed by atoms with Crippen LogP contribution in [0.25, 0.3) is 0 Å². The van der Waals surface area contributed by atoms with E-state index in [0.717, 1.165) is 13.1 Å². The fraction of sp³-hybridized carbons (Fsp3) is 0.917. The summed E-state index contributed by atoms with van der Waals surface area (Å²) in [7, 11) is 1.67. The van der Waals surface area contributed by atoms with E-state index < -0.39 is 0 Å². The summed E-state index contributed by atoms with van der Waals surface area (Å²) < 4.78 is 4.92. The van der Waals surface area contributed by atoms with E-state index in [4.69, 9.17) is 10.5 Å². The largest absolute Gasteiger partial charge is 0.383 e. The van der Waals surface area contributed by atoms with E-state index in [0.29, 0.717) is 25.2 Å².